The molecule has 2 aromatic rings. The van der Waals surface area contributed by atoms with Gasteiger partial charge in [-0.2, -0.15) is 0 Å². The van der Waals surface area contributed by atoms with E-state index in [0.29, 0.717) is 6.04 Å². The molecule has 5 heteroatoms. The summed E-state index contributed by atoms with van der Waals surface area (Å²) in [5, 5.41) is 3.58. The minimum absolute atomic E-state index is 0.229. The number of benzene rings is 1. The number of aromatic nitrogens is 2. The maximum Gasteiger partial charge on any atom is 0.120 e. The minimum Gasteiger partial charge on any atom is -0.374 e. The van der Waals surface area contributed by atoms with E-state index in [9.17, 15) is 0 Å². The molecule has 23 heavy (non-hydrogen) atoms. The van der Waals surface area contributed by atoms with E-state index in [4.69, 9.17) is 4.74 Å². The molecule has 0 amide bonds. The van der Waals surface area contributed by atoms with E-state index in [0.717, 1.165) is 45.0 Å². The maximum absolute atomic E-state index is 6.03. The Balaban J connectivity index is 1.53. The Morgan fingerprint density at radius 2 is 2.26 bits per heavy atom. The molecular weight excluding hydrogens is 288 g/mol. The van der Waals surface area contributed by atoms with Gasteiger partial charge in [-0.15, -0.1) is 0 Å². The lowest BCUT2D eigenvalue weighted by molar-refractivity contribution is -0.0499. The lowest BCUT2D eigenvalue weighted by Gasteiger charge is -2.37. The zero-order chi connectivity index (χ0) is 15.9. The van der Waals surface area contributed by atoms with Crippen LogP contribution in [0.4, 0.5) is 0 Å². The monoisotopic (exact) mass is 314 g/mol. The molecule has 5 nitrogen and oxygen atoms in total. The number of nitrogens with zero attached hydrogens (tertiary/aromatic N) is 2. The third kappa shape index (κ3) is 4.64. The van der Waals surface area contributed by atoms with Gasteiger partial charge in [0.15, 0.2) is 0 Å². The number of aromatic amines is 1. The molecule has 0 aliphatic carbocycles. The van der Waals surface area contributed by atoms with Crippen molar-refractivity contribution in [3.8, 4) is 0 Å². The predicted octanol–water partition coefficient (Wildman–Crippen LogP) is 2.18. The van der Waals surface area contributed by atoms with E-state index in [1.807, 2.05) is 6.20 Å². The normalized spacial score (nSPS) is 20.5. The van der Waals surface area contributed by atoms with Crippen LogP contribution in [0.5, 0.6) is 0 Å². The van der Waals surface area contributed by atoms with Gasteiger partial charge < -0.3 is 15.0 Å². The summed E-state index contributed by atoms with van der Waals surface area (Å²) in [7, 11) is 0. The smallest absolute Gasteiger partial charge is 0.120 e. The molecule has 0 saturated carbocycles. The molecule has 2 heterocycles. The third-order valence-corrected chi connectivity index (χ3v) is 4.40. The number of hydrogen-bond acceptors (Lipinski definition) is 4. The standard InChI is InChI=1S/C18H26N4O/c1-2-16(21-12-18-19-8-9-20-18)17-14-22(10-11-23-17)13-15-6-4-3-5-7-15/h3-9,16-17,21H,2,10-14H2,1H3,(H,19,20)/t16-,17-/m0/s1. The molecule has 0 radical (unpaired) electrons. The Morgan fingerprint density at radius 3 is 3.00 bits per heavy atom. The zero-order valence-electron chi connectivity index (χ0n) is 13.7. The Morgan fingerprint density at radius 1 is 1.39 bits per heavy atom. The van der Waals surface area contributed by atoms with Gasteiger partial charge in [0.05, 0.1) is 19.3 Å². The SMILES string of the molecule is CC[C@H](NCc1ncc[nH]1)[C@@H]1CN(Cc2ccccc2)CCO1. The van der Waals surface area contributed by atoms with Crippen molar-refractivity contribution in [3.05, 3.63) is 54.1 Å². The Labute approximate surface area is 138 Å². The van der Waals surface area contributed by atoms with Crippen LogP contribution in [0.15, 0.2) is 42.7 Å². The fourth-order valence-electron chi connectivity index (χ4n) is 3.12. The largest absolute Gasteiger partial charge is 0.374 e. The molecule has 3 rings (SSSR count). The number of ether oxygens (including phenoxy) is 1. The van der Waals surface area contributed by atoms with E-state index in [2.05, 4.69) is 57.4 Å². The van der Waals surface area contributed by atoms with Gasteiger partial charge in [-0.25, -0.2) is 4.98 Å². The highest BCUT2D eigenvalue weighted by Crippen LogP contribution is 2.14. The number of morpholine rings is 1. The second kappa shape index (κ2) is 8.24. The fourth-order valence-corrected chi connectivity index (χ4v) is 3.12. The van der Waals surface area contributed by atoms with Crippen molar-refractivity contribution in [3.63, 3.8) is 0 Å². The molecule has 1 aromatic carbocycles. The highest BCUT2D eigenvalue weighted by molar-refractivity contribution is 5.14. The first-order valence-corrected chi connectivity index (χ1v) is 8.44. The molecule has 2 atom stereocenters. The molecule has 1 aromatic heterocycles. The van der Waals surface area contributed by atoms with Gasteiger partial charge in [-0.05, 0) is 12.0 Å². The van der Waals surface area contributed by atoms with Crippen molar-refractivity contribution < 1.29 is 4.74 Å². The molecule has 0 spiro atoms. The average molecular weight is 314 g/mol. The van der Waals surface area contributed by atoms with Crippen LogP contribution in [0, 0.1) is 0 Å². The van der Waals surface area contributed by atoms with E-state index in [1.54, 1.807) is 6.20 Å². The Kier molecular flexibility index (Phi) is 5.80. The van der Waals surface area contributed by atoms with Crippen LogP contribution in [0.25, 0.3) is 0 Å². The van der Waals surface area contributed by atoms with Crippen LogP contribution in [-0.4, -0.2) is 46.7 Å². The maximum atomic E-state index is 6.03. The molecule has 0 bridgehead atoms. The van der Waals surface area contributed by atoms with Crippen molar-refractivity contribution in [2.45, 2.75) is 38.6 Å². The second-order valence-corrected chi connectivity index (χ2v) is 6.06. The van der Waals surface area contributed by atoms with Crippen LogP contribution in [0.2, 0.25) is 0 Å². The molecule has 124 valence electrons. The van der Waals surface area contributed by atoms with Gasteiger partial charge in [0, 0.05) is 38.1 Å². The number of rotatable bonds is 7. The summed E-state index contributed by atoms with van der Waals surface area (Å²) >= 11 is 0. The van der Waals surface area contributed by atoms with E-state index >= 15 is 0 Å². The van der Waals surface area contributed by atoms with E-state index in [1.165, 1.54) is 5.56 Å². The van der Waals surface area contributed by atoms with Crippen LogP contribution in [-0.2, 0) is 17.8 Å². The van der Waals surface area contributed by atoms with Crippen molar-refractivity contribution in [1.82, 2.24) is 20.2 Å². The number of imidazole rings is 1. The molecular formula is C18H26N4O. The van der Waals surface area contributed by atoms with Gasteiger partial charge in [0.2, 0.25) is 0 Å². The summed E-state index contributed by atoms with van der Waals surface area (Å²) in [6, 6.07) is 11.0. The average Bonchev–Trinajstić information content (AvgIpc) is 3.10. The van der Waals surface area contributed by atoms with Crippen LogP contribution in [0.1, 0.15) is 24.7 Å². The Hall–Kier alpha value is -1.69. The summed E-state index contributed by atoms with van der Waals surface area (Å²) in [4.78, 5) is 9.89. The van der Waals surface area contributed by atoms with E-state index < -0.39 is 0 Å². The molecule has 2 N–H and O–H groups in total. The highest BCUT2D eigenvalue weighted by Gasteiger charge is 2.27. The van der Waals surface area contributed by atoms with Gasteiger partial charge in [-0.3, -0.25) is 4.90 Å². The predicted molar refractivity (Wildman–Crippen MR) is 91.0 cm³/mol. The molecule has 1 saturated heterocycles. The first-order chi connectivity index (χ1) is 11.3. The molecule has 0 unspecified atom stereocenters. The molecule has 1 aliphatic rings. The van der Waals surface area contributed by atoms with Crippen molar-refractivity contribution in [2.24, 2.45) is 0 Å². The highest BCUT2D eigenvalue weighted by atomic mass is 16.5. The first-order valence-electron chi connectivity index (χ1n) is 8.44. The summed E-state index contributed by atoms with van der Waals surface area (Å²) in [5.41, 5.74) is 1.37. The summed E-state index contributed by atoms with van der Waals surface area (Å²) in [6.45, 7) is 6.73. The lowest BCUT2D eigenvalue weighted by Crippen LogP contribution is -2.51. The second-order valence-electron chi connectivity index (χ2n) is 6.06. The molecule has 1 aliphatic heterocycles. The third-order valence-electron chi connectivity index (χ3n) is 4.40. The summed E-state index contributed by atoms with van der Waals surface area (Å²) in [5.74, 6) is 0.973. The Bertz CT molecular complexity index is 558. The number of hydrogen-bond donors (Lipinski definition) is 2. The fraction of sp³-hybridized carbons (Fsp3) is 0.500. The number of nitrogens with one attached hydrogen (secondary N) is 2. The van der Waals surface area contributed by atoms with Gasteiger partial charge in [-0.1, -0.05) is 37.3 Å². The quantitative estimate of drug-likeness (QED) is 0.822. The topological polar surface area (TPSA) is 53.2 Å². The first kappa shape index (κ1) is 16.2. The summed E-state index contributed by atoms with van der Waals surface area (Å²) < 4.78 is 6.03. The summed E-state index contributed by atoms with van der Waals surface area (Å²) in [6.07, 6.45) is 4.92. The number of H-pyrrole nitrogens is 1. The van der Waals surface area contributed by atoms with Crippen LogP contribution < -0.4 is 5.32 Å². The van der Waals surface area contributed by atoms with Gasteiger partial charge >= 0.3 is 0 Å². The van der Waals surface area contributed by atoms with Crippen LogP contribution in [0.3, 0.4) is 0 Å². The van der Waals surface area contributed by atoms with Gasteiger partial charge in [0.25, 0.3) is 0 Å². The van der Waals surface area contributed by atoms with E-state index in [-0.39, 0.29) is 6.10 Å². The van der Waals surface area contributed by atoms with Crippen molar-refractivity contribution >= 4 is 0 Å². The van der Waals surface area contributed by atoms with Crippen LogP contribution >= 0.6 is 0 Å². The minimum atomic E-state index is 0.229. The van der Waals surface area contributed by atoms with Gasteiger partial charge in [0.1, 0.15) is 5.82 Å². The van der Waals surface area contributed by atoms with Crippen molar-refractivity contribution in [2.75, 3.05) is 19.7 Å². The van der Waals surface area contributed by atoms with Crippen molar-refractivity contribution in [1.29, 1.82) is 0 Å². The molecule has 1 fully saturated rings. The lowest BCUT2D eigenvalue weighted by atomic mass is 10.1. The zero-order valence-corrected chi connectivity index (χ0v) is 13.7.